The van der Waals surface area contributed by atoms with Gasteiger partial charge in [0.05, 0.1) is 4.92 Å². The molecule has 1 aromatic carbocycles. The Morgan fingerprint density at radius 3 is 2.74 bits per heavy atom. The number of aromatic nitrogens is 1. The van der Waals surface area contributed by atoms with Gasteiger partial charge < -0.3 is 10.4 Å². The average molecular weight is 263 g/mol. The highest BCUT2D eigenvalue weighted by atomic mass is 19.1. The molecule has 2 N–H and O–H groups in total. The number of phenolic OH excluding ortho intramolecular Hbond substituents is 1. The second kappa shape index (κ2) is 5.30. The predicted molar refractivity (Wildman–Crippen MR) is 66.3 cm³/mol. The zero-order chi connectivity index (χ0) is 13.8. The van der Waals surface area contributed by atoms with E-state index in [1.165, 1.54) is 24.3 Å². The van der Waals surface area contributed by atoms with E-state index in [4.69, 9.17) is 5.11 Å². The molecule has 1 heterocycles. The van der Waals surface area contributed by atoms with E-state index in [0.717, 1.165) is 6.20 Å². The van der Waals surface area contributed by atoms with E-state index in [1.54, 1.807) is 6.07 Å². The molecule has 0 saturated carbocycles. The fourth-order valence-corrected chi connectivity index (χ4v) is 1.45. The molecule has 19 heavy (non-hydrogen) atoms. The first-order valence-electron chi connectivity index (χ1n) is 5.38. The van der Waals surface area contributed by atoms with Crippen molar-refractivity contribution < 1.29 is 14.4 Å². The molecular weight excluding hydrogens is 253 g/mol. The lowest BCUT2D eigenvalue weighted by Gasteiger charge is -2.06. The Labute approximate surface area is 107 Å². The minimum absolute atomic E-state index is 0.0961. The molecule has 0 aliphatic carbocycles. The summed E-state index contributed by atoms with van der Waals surface area (Å²) >= 11 is 0. The molecule has 2 rings (SSSR count). The second-order valence-electron chi connectivity index (χ2n) is 3.80. The molecule has 0 amide bonds. The number of phenols is 1. The Kier molecular flexibility index (Phi) is 3.56. The van der Waals surface area contributed by atoms with Crippen LogP contribution in [-0.4, -0.2) is 15.0 Å². The molecule has 0 spiro atoms. The highest BCUT2D eigenvalue weighted by molar-refractivity contribution is 5.41. The SMILES string of the molecule is O=[N+]([O-])c1ccc(NCc2ccc(O)c(F)c2)nc1. The van der Waals surface area contributed by atoms with Crippen LogP contribution in [0, 0.1) is 15.9 Å². The number of hydrogen-bond acceptors (Lipinski definition) is 5. The first-order chi connectivity index (χ1) is 9.06. The molecule has 0 aliphatic rings. The highest BCUT2D eigenvalue weighted by Gasteiger charge is 2.05. The van der Waals surface area contributed by atoms with Crippen LogP contribution in [0.4, 0.5) is 15.9 Å². The summed E-state index contributed by atoms with van der Waals surface area (Å²) in [4.78, 5) is 13.8. The maximum absolute atomic E-state index is 13.1. The minimum atomic E-state index is -0.698. The second-order valence-corrected chi connectivity index (χ2v) is 3.80. The van der Waals surface area contributed by atoms with Crippen molar-refractivity contribution in [1.82, 2.24) is 4.98 Å². The van der Waals surface area contributed by atoms with Gasteiger partial charge in [-0.1, -0.05) is 6.07 Å². The van der Waals surface area contributed by atoms with E-state index in [-0.39, 0.29) is 5.69 Å². The normalized spacial score (nSPS) is 10.2. The molecule has 0 radical (unpaired) electrons. The minimum Gasteiger partial charge on any atom is -0.505 e. The molecule has 0 saturated heterocycles. The van der Waals surface area contributed by atoms with Crippen LogP contribution < -0.4 is 5.32 Å². The van der Waals surface area contributed by atoms with E-state index in [1.807, 2.05) is 0 Å². The molecule has 0 bridgehead atoms. The lowest BCUT2D eigenvalue weighted by Crippen LogP contribution is -2.01. The van der Waals surface area contributed by atoms with Crippen LogP contribution in [0.1, 0.15) is 5.56 Å². The van der Waals surface area contributed by atoms with Gasteiger partial charge in [-0.05, 0) is 23.8 Å². The van der Waals surface area contributed by atoms with Gasteiger partial charge in [-0.2, -0.15) is 0 Å². The van der Waals surface area contributed by atoms with Crippen LogP contribution in [0.3, 0.4) is 0 Å². The van der Waals surface area contributed by atoms with E-state index in [9.17, 15) is 14.5 Å². The standard InChI is InChI=1S/C12H10FN3O3/c13-10-5-8(1-3-11(10)17)6-14-12-4-2-9(7-15-12)16(18)19/h1-5,7,17H,6H2,(H,14,15). The summed E-state index contributed by atoms with van der Waals surface area (Å²) in [5, 5.41) is 22.4. The number of aromatic hydroxyl groups is 1. The number of hydrogen-bond donors (Lipinski definition) is 2. The van der Waals surface area contributed by atoms with Crippen molar-refractivity contribution in [3.63, 3.8) is 0 Å². The molecule has 7 heteroatoms. The van der Waals surface area contributed by atoms with Gasteiger partial charge >= 0.3 is 0 Å². The van der Waals surface area contributed by atoms with Crippen molar-refractivity contribution in [1.29, 1.82) is 0 Å². The van der Waals surface area contributed by atoms with Crippen LogP contribution >= 0.6 is 0 Å². The smallest absolute Gasteiger partial charge is 0.287 e. The fraction of sp³-hybridized carbons (Fsp3) is 0.0833. The summed E-state index contributed by atoms with van der Waals surface area (Å²) in [5.41, 5.74) is 0.525. The van der Waals surface area contributed by atoms with Crippen molar-refractivity contribution in [3.05, 3.63) is 58.0 Å². The lowest BCUT2D eigenvalue weighted by atomic mass is 10.2. The Morgan fingerprint density at radius 1 is 1.37 bits per heavy atom. The number of benzene rings is 1. The van der Waals surface area contributed by atoms with Gasteiger partial charge in [0.15, 0.2) is 11.6 Å². The number of rotatable bonds is 4. The molecule has 0 fully saturated rings. The van der Waals surface area contributed by atoms with Gasteiger partial charge in [0.2, 0.25) is 0 Å². The number of nitrogens with one attached hydrogen (secondary N) is 1. The van der Waals surface area contributed by atoms with Crippen molar-refractivity contribution in [2.75, 3.05) is 5.32 Å². The molecule has 0 unspecified atom stereocenters. The van der Waals surface area contributed by atoms with Crippen LogP contribution in [-0.2, 0) is 6.54 Å². The van der Waals surface area contributed by atoms with Crippen molar-refractivity contribution in [2.45, 2.75) is 6.54 Å². The third kappa shape index (κ3) is 3.15. The summed E-state index contributed by atoms with van der Waals surface area (Å²) < 4.78 is 13.1. The van der Waals surface area contributed by atoms with E-state index >= 15 is 0 Å². The third-order valence-electron chi connectivity index (χ3n) is 2.44. The fourth-order valence-electron chi connectivity index (χ4n) is 1.45. The first kappa shape index (κ1) is 12.7. The van der Waals surface area contributed by atoms with Gasteiger partial charge in [-0.15, -0.1) is 0 Å². The van der Waals surface area contributed by atoms with Crippen LogP contribution in [0.25, 0.3) is 0 Å². The molecule has 0 atom stereocenters. The summed E-state index contributed by atoms with van der Waals surface area (Å²) in [6, 6.07) is 6.82. The van der Waals surface area contributed by atoms with Crippen LogP contribution in [0.5, 0.6) is 5.75 Å². The van der Waals surface area contributed by atoms with E-state index in [0.29, 0.717) is 17.9 Å². The Hall–Kier alpha value is -2.70. The molecule has 1 aromatic heterocycles. The van der Waals surface area contributed by atoms with Gasteiger partial charge in [-0.25, -0.2) is 9.37 Å². The predicted octanol–water partition coefficient (Wildman–Crippen LogP) is 2.45. The molecule has 98 valence electrons. The average Bonchev–Trinajstić information content (AvgIpc) is 2.40. The van der Waals surface area contributed by atoms with Gasteiger partial charge in [0.25, 0.3) is 5.69 Å². The maximum Gasteiger partial charge on any atom is 0.287 e. The Balaban J connectivity index is 2.01. The van der Waals surface area contributed by atoms with Crippen LogP contribution in [0.15, 0.2) is 36.5 Å². The van der Waals surface area contributed by atoms with Crippen molar-refractivity contribution >= 4 is 11.5 Å². The zero-order valence-corrected chi connectivity index (χ0v) is 9.71. The molecule has 6 nitrogen and oxygen atoms in total. The summed E-state index contributed by atoms with van der Waals surface area (Å²) in [7, 11) is 0. The quantitative estimate of drug-likeness (QED) is 0.653. The van der Waals surface area contributed by atoms with Gasteiger partial charge in [0.1, 0.15) is 12.0 Å². The number of pyridine rings is 1. The monoisotopic (exact) mass is 263 g/mol. The summed E-state index contributed by atoms with van der Waals surface area (Å²) in [5.74, 6) is -0.660. The maximum atomic E-state index is 13.1. The number of anilines is 1. The van der Waals surface area contributed by atoms with Crippen LogP contribution in [0.2, 0.25) is 0 Å². The Morgan fingerprint density at radius 2 is 2.16 bits per heavy atom. The van der Waals surface area contributed by atoms with Crippen molar-refractivity contribution in [3.8, 4) is 5.75 Å². The van der Waals surface area contributed by atoms with E-state index < -0.39 is 16.5 Å². The number of nitrogens with zero attached hydrogens (tertiary/aromatic N) is 2. The summed E-state index contributed by atoms with van der Waals surface area (Å²) in [6.45, 7) is 0.294. The summed E-state index contributed by atoms with van der Waals surface area (Å²) in [6.07, 6.45) is 1.14. The highest BCUT2D eigenvalue weighted by Crippen LogP contribution is 2.17. The third-order valence-corrected chi connectivity index (χ3v) is 2.44. The Bertz CT molecular complexity index is 602. The van der Waals surface area contributed by atoms with Gasteiger partial charge in [-0.3, -0.25) is 10.1 Å². The largest absolute Gasteiger partial charge is 0.505 e. The molecule has 2 aromatic rings. The topological polar surface area (TPSA) is 88.3 Å². The van der Waals surface area contributed by atoms with Crippen molar-refractivity contribution in [2.24, 2.45) is 0 Å². The lowest BCUT2D eigenvalue weighted by molar-refractivity contribution is -0.385. The van der Waals surface area contributed by atoms with E-state index in [2.05, 4.69) is 10.3 Å². The molecule has 0 aliphatic heterocycles. The first-order valence-corrected chi connectivity index (χ1v) is 5.38. The number of halogens is 1. The zero-order valence-electron chi connectivity index (χ0n) is 9.71. The van der Waals surface area contributed by atoms with Gasteiger partial charge in [0, 0.05) is 12.6 Å². The molecular formula is C12H10FN3O3. The number of nitro groups is 1.